The number of carboxylic acid groups (broad SMARTS) is 1. The molecule has 1 aliphatic heterocycles. The maximum atomic E-state index is 12.3. The van der Waals surface area contributed by atoms with Gasteiger partial charge >= 0.3 is 5.97 Å². The molecule has 1 N–H and O–H groups in total. The lowest BCUT2D eigenvalue weighted by Gasteiger charge is -2.17. The molecule has 0 radical (unpaired) electrons. The van der Waals surface area contributed by atoms with Crippen molar-refractivity contribution in [3.8, 4) is 5.75 Å². The Kier molecular flexibility index (Phi) is 5.07. The van der Waals surface area contributed by atoms with Gasteiger partial charge in [-0.2, -0.15) is 0 Å². The summed E-state index contributed by atoms with van der Waals surface area (Å²) in [6, 6.07) is 5.18. The molecule has 0 bridgehead atoms. The minimum atomic E-state index is -0.814. The van der Waals surface area contributed by atoms with Crippen LogP contribution in [0.3, 0.4) is 0 Å². The molecule has 1 aromatic rings. The molecule has 1 saturated heterocycles. The van der Waals surface area contributed by atoms with Gasteiger partial charge in [-0.15, -0.1) is 0 Å². The summed E-state index contributed by atoms with van der Waals surface area (Å²) < 4.78 is 5.23. The summed E-state index contributed by atoms with van der Waals surface area (Å²) in [5, 5.41) is 9.36. The minimum absolute atomic E-state index is 0.0246. The van der Waals surface area contributed by atoms with Crippen molar-refractivity contribution in [2.45, 2.75) is 19.3 Å². The number of ether oxygens (including phenoxy) is 1. The molecule has 1 aromatic carbocycles. The van der Waals surface area contributed by atoms with Gasteiger partial charge in [0.25, 0.3) is 0 Å². The number of carbonyl (C=O) groups is 2. The molecular formula is C15H18ClNO4. The van der Waals surface area contributed by atoms with Gasteiger partial charge in [0.1, 0.15) is 5.75 Å². The number of rotatable bonds is 5. The molecule has 1 amide bonds. The van der Waals surface area contributed by atoms with E-state index in [1.54, 1.807) is 30.2 Å². The Morgan fingerprint density at radius 3 is 2.90 bits per heavy atom. The third kappa shape index (κ3) is 4.11. The standard InChI is InChI=1S/C15H18ClNO4/c1-21-13-3-2-12(16)7-11(13)8-14(18)17-5-4-10(9-17)6-15(19)20/h2-3,7,10H,4-6,8-9H2,1H3,(H,19,20). The number of likely N-dealkylation sites (tertiary alicyclic amines) is 1. The van der Waals surface area contributed by atoms with Gasteiger partial charge in [0.2, 0.25) is 5.91 Å². The van der Waals surface area contributed by atoms with E-state index in [0.717, 1.165) is 12.0 Å². The number of hydrogen-bond donors (Lipinski definition) is 1. The zero-order valence-corrected chi connectivity index (χ0v) is 12.6. The Morgan fingerprint density at radius 1 is 1.48 bits per heavy atom. The molecule has 0 aliphatic carbocycles. The van der Waals surface area contributed by atoms with Gasteiger partial charge in [-0.1, -0.05) is 11.6 Å². The largest absolute Gasteiger partial charge is 0.496 e. The van der Waals surface area contributed by atoms with Crippen LogP contribution in [0, 0.1) is 5.92 Å². The molecule has 21 heavy (non-hydrogen) atoms. The van der Waals surface area contributed by atoms with Crippen molar-refractivity contribution in [2.75, 3.05) is 20.2 Å². The zero-order chi connectivity index (χ0) is 15.4. The number of amides is 1. The fraction of sp³-hybridized carbons (Fsp3) is 0.467. The monoisotopic (exact) mass is 311 g/mol. The van der Waals surface area contributed by atoms with Crippen molar-refractivity contribution in [1.29, 1.82) is 0 Å². The van der Waals surface area contributed by atoms with E-state index in [2.05, 4.69) is 0 Å². The molecule has 0 spiro atoms. The number of carbonyl (C=O) groups excluding carboxylic acids is 1. The number of benzene rings is 1. The lowest BCUT2D eigenvalue weighted by Crippen LogP contribution is -2.30. The first-order valence-corrected chi connectivity index (χ1v) is 7.19. The van der Waals surface area contributed by atoms with Gasteiger partial charge in [0, 0.05) is 30.1 Å². The number of nitrogens with zero attached hydrogens (tertiary/aromatic N) is 1. The highest BCUT2D eigenvalue weighted by atomic mass is 35.5. The fourth-order valence-corrected chi connectivity index (χ4v) is 2.83. The van der Waals surface area contributed by atoms with Gasteiger partial charge in [-0.05, 0) is 30.5 Å². The normalized spacial score (nSPS) is 17.8. The second kappa shape index (κ2) is 6.80. The van der Waals surface area contributed by atoms with Gasteiger partial charge in [0.05, 0.1) is 13.5 Å². The number of carboxylic acids is 1. The Labute approximate surface area is 128 Å². The molecule has 1 atom stereocenters. The van der Waals surface area contributed by atoms with Crippen LogP contribution < -0.4 is 4.74 Å². The molecule has 1 unspecified atom stereocenters. The molecule has 1 aliphatic rings. The summed E-state index contributed by atoms with van der Waals surface area (Å²) in [6.45, 7) is 1.12. The van der Waals surface area contributed by atoms with Gasteiger partial charge < -0.3 is 14.7 Å². The van der Waals surface area contributed by atoms with Crippen LogP contribution in [0.5, 0.6) is 5.75 Å². The molecule has 1 fully saturated rings. The Hall–Kier alpha value is -1.75. The highest BCUT2D eigenvalue weighted by molar-refractivity contribution is 6.30. The third-order valence-electron chi connectivity index (χ3n) is 3.69. The average Bonchev–Trinajstić information content (AvgIpc) is 2.86. The Bertz CT molecular complexity index is 546. The van der Waals surface area contributed by atoms with Crippen molar-refractivity contribution in [1.82, 2.24) is 4.90 Å². The first kappa shape index (κ1) is 15.6. The lowest BCUT2D eigenvalue weighted by molar-refractivity contribution is -0.138. The Morgan fingerprint density at radius 2 is 2.24 bits per heavy atom. The van der Waals surface area contributed by atoms with E-state index in [0.29, 0.717) is 23.9 Å². The quantitative estimate of drug-likeness (QED) is 0.905. The van der Waals surface area contributed by atoms with E-state index >= 15 is 0 Å². The van der Waals surface area contributed by atoms with Crippen molar-refractivity contribution < 1.29 is 19.4 Å². The lowest BCUT2D eigenvalue weighted by atomic mass is 10.1. The first-order chi connectivity index (χ1) is 9.99. The summed E-state index contributed by atoms with van der Waals surface area (Å²) in [5.41, 5.74) is 0.747. The van der Waals surface area contributed by atoms with E-state index in [9.17, 15) is 9.59 Å². The highest BCUT2D eigenvalue weighted by Crippen LogP contribution is 2.25. The van der Waals surface area contributed by atoms with E-state index in [4.69, 9.17) is 21.4 Å². The van der Waals surface area contributed by atoms with Gasteiger partial charge in [-0.3, -0.25) is 9.59 Å². The molecule has 2 rings (SSSR count). The Balaban J connectivity index is 1.99. The van der Waals surface area contributed by atoms with Crippen LogP contribution in [0.2, 0.25) is 5.02 Å². The minimum Gasteiger partial charge on any atom is -0.496 e. The summed E-state index contributed by atoms with van der Waals surface area (Å²) in [4.78, 5) is 24.7. The summed E-state index contributed by atoms with van der Waals surface area (Å²) in [6.07, 6.45) is 1.07. The molecule has 5 nitrogen and oxygen atoms in total. The summed E-state index contributed by atoms with van der Waals surface area (Å²) >= 11 is 5.95. The topological polar surface area (TPSA) is 66.8 Å². The molecule has 0 aromatic heterocycles. The van der Waals surface area contributed by atoms with Crippen LogP contribution in [0.4, 0.5) is 0 Å². The van der Waals surface area contributed by atoms with Crippen LogP contribution in [-0.4, -0.2) is 42.1 Å². The van der Waals surface area contributed by atoms with Crippen molar-refractivity contribution in [3.63, 3.8) is 0 Å². The molecular weight excluding hydrogens is 294 g/mol. The van der Waals surface area contributed by atoms with E-state index in [1.165, 1.54) is 0 Å². The third-order valence-corrected chi connectivity index (χ3v) is 3.92. The van der Waals surface area contributed by atoms with Crippen molar-refractivity contribution in [3.05, 3.63) is 28.8 Å². The zero-order valence-electron chi connectivity index (χ0n) is 11.8. The molecule has 6 heteroatoms. The second-order valence-corrected chi connectivity index (χ2v) is 5.66. The summed E-state index contributed by atoms with van der Waals surface area (Å²) in [5.74, 6) is -0.156. The number of methoxy groups -OCH3 is 1. The maximum Gasteiger partial charge on any atom is 0.303 e. The molecule has 114 valence electrons. The van der Waals surface area contributed by atoms with E-state index in [1.807, 2.05) is 0 Å². The fourth-order valence-electron chi connectivity index (χ4n) is 2.63. The predicted molar refractivity (Wildman–Crippen MR) is 78.6 cm³/mol. The summed E-state index contributed by atoms with van der Waals surface area (Å²) in [7, 11) is 1.55. The second-order valence-electron chi connectivity index (χ2n) is 5.23. The number of aliphatic carboxylic acids is 1. The van der Waals surface area contributed by atoms with Crippen LogP contribution in [0.1, 0.15) is 18.4 Å². The van der Waals surface area contributed by atoms with Crippen molar-refractivity contribution >= 4 is 23.5 Å². The first-order valence-electron chi connectivity index (χ1n) is 6.81. The number of hydrogen-bond acceptors (Lipinski definition) is 3. The van der Waals surface area contributed by atoms with Crippen molar-refractivity contribution in [2.24, 2.45) is 5.92 Å². The van der Waals surface area contributed by atoms with E-state index in [-0.39, 0.29) is 24.7 Å². The number of halogens is 1. The predicted octanol–water partition coefficient (Wildman–Crippen LogP) is 2.21. The average molecular weight is 312 g/mol. The molecule has 0 saturated carbocycles. The van der Waals surface area contributed by atoms with Crippen LogP contribution in [0.25, 0.3) is 0 Å². The highest BCUT2D eigenvalue weighted by Gasteiger charge is 2.28. The maximum absolute atomic E-state index is 12.3. The van der Waals surface area contributed by atoms with E-state index < -0.39 is 5.97 Å². The van der Waals surface area contributed by atoms with Gasteiger partial charge in [-0.25, -0.2) is 0 Å². The SMILES string of the molecule is COc1ccc(Cl)cc1CC(=O)N1CCC(CC(=O)O)C1. The smallest absolute Gasteiger partial charge is 0.303 e. The van der Waals surface area contributed by atoms with Crippen LogP contribution in [0.15, 0.2) is 18.2 Å². The van der Waals surface area contributed by atoms with Gasteiger partial charge in [0.15, 0.2) is 0 Å². The van der Waals surface area contributed by atoms with Crippen LogP contribution >= 0.6 is 11.6 Å². The van der Waals surface area contributed by atoms with Crippen LogP contribution in [-0.2, 0) is 16.0 Å². The molecule has 1 heterocycles.